The predicted molar refractivity (Wildman–Crippen MR) is 75.6 cm³/mol. The molecule has 1 aliphatic rings. The second-order valence-electron chi connectivity index (χ2n) is 4.83. The van der Waals surface area contributed by atoms with Gasteiger partial charge in [-0.05, 0) is 20.0 Å². The molecule has 6 nitrogen and oxygen atoms in total. The molecule has 0 atom stereocenters. The van der Waals surface area contributed by atoms with Gasteiger partial charge in [0.1, 0.15) is 5.75 Å². The number of hydrogen-bond donors (Lipinski definition) is 1. The molecule has 1 saturated heterocycles. The van der Waals surface area contributed by atoms with Crippen LogP contribution in [0.3, 0.4) is 0 Å². The smallest absolute Gasteiger partial charge is 0.349 e. The van der Waals surface area contributed by atoms with E-state index < -0.39 is 5.97 Å². The second kappa shape index (κ2) is 6.23. The minimum Gasteiger partial charge on any atom is -0.482 e. The molecule has 0 aliphatic carbocycles. The zero-order chi connectivity index (χ0) is 14.7. The third-order valence-corrected chi connectivity index (χ3v) is 4.24. The molecule has 0 spiro atoms. The Balaban J connectivity index is 1.92. The lowest BCUT2D eigenvalue weighted by Gasteiger charge is -2.32. The van der Waals surface area contributed by atoms with Crippen molar-refractivity contribution < 1.29 is 19.4 Å². The van der Waals surface area contributed by atoms with Crippen LogP contribution in [0.15, 0.2) is 6.07 Å². The summed E-state index contributed by atoms with van der Waals surface area (Å²) in [6, 6.07) is 1.66. The summed E-state index contributed by atoms with van der Waals surface area (Å²) in [5, 5.41) is 9.05. The van der Waals surface area contributed by atoms with Gasteiger partial charge in [0.05, 0.1) is 0 Å². The number of likely N-dealkylation sites (N-methyl/N-ethyl adjacent to an activating group) is 1. The fourth-order valence-electron chi connectivity index (χ4n) is 2.03. The Morgan fingerprint density at radius 2 is 2.00 bits per heavy atom. The van der Waals surface area contributed by atoms with Crippen molar-refractivity contribution in [2.45, 2.75) is 6.92 Å². The van der Waals surface area contributed by atoms with E-state index in [0.717, 1.165) is 29.3 Å². The molecule has 2 heterocycles. The highest BCUT2D eigenvalue weighted by molar-refractivity contribution is 7.14. The summed E-state index contributed by atoms with van der Waals surface area (Å²) >= 11 is 1.15. The highest BCUT2D eigenvalue weighted by Gasteiger charge is 2.21. The monoisotopic (exact) mass is 298 g/mol. The van der Waals surface area contributed by atoms with E-state index in [9.17, 15) is 9.59 Å². The van der Waals surface area contributed by atoms with Crippen LogP contribution in [0.5, 0.6) is 5.75 Å². The molecule has 1 fully saturated rings. The molecule has 0 radical (unpaired) electrons. The van der Waals surface area contributed by atoms with Crippen LogP contribution in [0.1, 0.15) is 14.5 Å². The number of carbonyl (C=O) groups is 2. The van der Waals surface area contributed by atoms with Gasteiger partial charge in [0.25, 0.3) is 5.91 Å². The minimum atomic E-state index is -1.02. The van der Waals surface area contributed by atoms with Gasteiger partial charge in [-0.3, -0.25) is 4.79 Å². The van der Waals surface area contributed by atoms with Crippen molar-refractivity contribution in [2.24, 2.45) is 0 Å². The molecule has 2 rings (SSSR count). The fraction of sp³-hybridized carbons (Fsp3) is 0.538. The van der Waals surface area contributed by atoms with Crippen LogP contribution in [0.4, 0.5) is 0 Å². The van der Waals surface area contributed by atoms with Gasteiger partial charge in [-0.15, -0.1) is 11.3 Å². The van der Waals surface area contributed by atoms with Crippen LogP contribution in [-0.4, -0.2) is 66.6 Å². The molecule has 7 heteroatoms. The van der Waals surface area contributed by atoms with Crippen LogP contribution in [0, 0.1) is 6.92 Å². The number of aromatic carboxylic acids is 1. The topological polar surface area (TPSA) is 70.1 Å². The minimum absolute atomic E-state index is 0.0988. The Labute approximate surface area is 121 Å². The van der Waals surface area contributed by atoms with Crippen molar-refractivity contribution in [2.75, 3.05) is 39.8 Å². The summed E-state index contributed by atoms with van der Waals surface area (Å²) < 4.78 is 5.39. The number of aryl methyl sites for hydroxylation is 1. The maximum Gasteiger partial charge on any atom is 0.349 e. The van der Waals surface area contributed by atoms with E-state index >= 15 is 0 Å². The number of piperazine rings is 1. The number of amides is 1. The van der Waals surface area contributed by atoms with Gasteiger partial charge in [-0.25, -0.2) is 4.79 Å². The summed E-state index contributed by atoms with van der Waals surface area (Å²) in [7, 11) is 2.02. The quantitative estimate of drug-likeness (QED) is 0.894. The zero-order valence-corrected chi connectivity index (χ0v) is 12.4. The Morgan fingerprint density at radius 1 is 1.35 bits per heavy atom. The first-order valence-electron chi connectivity index (χ1n) is 6.40. The highest BCUT2D eigenvalue weighted by atomic mass is 32.1. The molecule has 20 heavy (non-hydrogen) atoms. The van der Waals surface area contributed by atoms with E-state index in [2.05, 4.69) is 4.90 Å². The number of rotatable bonds is 4. The molecule has 0 aromatic carbocycles. The molecule has 0 bridgehead atoms. The molecule has 1 aromatic rings. The van der Waals surface area contributed by atoms with Gasteiger partial charge < -0.3 is 19.6 Å². The first-order valence-corrected chi connectivity index (χ1v) is 7.22. The van der Waals surface area contributed by atoms with Gasteiger partial charge in [0, 0.05) is 31.1 Å². The standard InChI is InChI=1S/C13H18N2O4S/c1-9-7-10(12(20-9)13(17)18)19-8-11(16)15-5-3-14(2)4-6-15/h7H,3-6,8H2,1-2H3,(H,17,18). The average Bonchev–Trinajstić information content (AvgIpc) is 2.78. The van der Waals surface area contributed by atoms with E-state index in [1.807, 2.05) is 14.0 Å². The molecule has 1 aliphatic heterocycles. The van der Waals surface area contributed by atoms with E-state index in [0.29, 0.717) is 13.1 Å². The van der Waals surface area contributed by atoms with Crippen LogP contribution in [0.2, 0.25) is 0 Å². The van der Waals surface area contributed by atoms with Crippen molar-refractivity contribution in [1.82, 2.24) is 9.80 Å². The van der Waals surface area contributed by atoms with E-state index in [4.69, 9.17) is 9.84 Å². The van der Waals surface area contributed by atoms with E-state index in [1.165, 1.54) is 0 Å². The Morgan fingerprint density at radius 3 is 2.60 bits per heavy atom. The second-order valence-corrected chi connectivity index (χ2v) is 6.08. The third kappa shape index (κ3) is 3.49. The number of carboxylic acids is 1. The number of carboxylic acid groups (broad SMARTS) is 1. The number of thiophene rings is 1. The SMILES string of the molecule is Cc1cc(OCC(=O)N2CCN(C)CC2)c(C(=O)O)s1. The van der Waals surface area contributed by atoms with E-state index in [-0.39, 0.29) is 23.1 Å². The van der Waals surface area contributed by atoms with Crippen molar-refractivity contribution in [3.8, 4) is 5.75 Å². The van der Waals surface area contributed by atoms with Crippen molar-refractivity contribution in [3.05, 3.63) is 15.8 Å². The van der Waals surface area contributed by atoms with Crippen LogP contribution in [0.25, 0.3) is 0 Å². The molecule has 1 amide bonds. The van der Waals surface area contributed by atoms with Crippen LogP contribution in [-0.2, 0) is 4.79 Å². The highest BCUT2D eigenvalue weighted by Crippen LogP contribution is 2.28. The molecular weight excluding hydrogens is 280 g/mol. The first-order chi connectivity index (χ1) is 9.47. The van der Waals surface area contributed by atoms with E-state index in [1.54, 1.807) is 11.0 Å². The van der Waals surface area contributed by atoms with Crippen LogP contribution < -0.4 is 4.74 Å². The van der Waals surface area contributed by atoms with Gasteiger partial charge in [0.15, 0.2) is 11.5 Å². The number of carbonyl (C=O) groups excluding carboxylic acids is 1. The molecule has 110 valence electrons. The van der Waals surface area contributed by atoms with Crippen molar-refractivity contribution in [3.63, 3.8) is 0 Å². The third-order valence-electron chi connectivity index (χ3n) is 3.22. The summed E-state index contributed by atoms with van der Waals surface area (Å²) in [6.45, 7) is 4.78. The maximum atomic E-state index is 12.0. The Hall–Kier alpha value is -1.60. The molecule has 0 unspecified atom stereocenters. The van der Waals surface area contributed by atoms with Crippen molar-refractivity contribution >= 4 is 23.2 Å². The zero-order valence-electron chi connectivity index (χ0n) is 11.6. The summed E-state index contributed by atoms with van der Waals surface area (Å²) in [5.74, 6) is -0.842. The Bertz CT molecular complexity index is 506. The number of hydrogen-bond acceptors (Lipinski definition) is 5. The molecular formula is C13H18N2O4S. The van der Waals surface area contributed by atoms with Gasteiger partial charge in [-0.1, -0.05) is 0 Å². The summed E-state index contributed by atoms with van der Waals surface area (Å²) in [5.41, 5.74) is 0. The van der Waals surface area contributed by atoms with Gasteiger partial charge in [0.2, 0.25) is 0 Å². The number of nitrogens with zero attached hydrogens (tertiary/aromatic N) is 2. The maximum absolute atomic E-state index is 12.0. The normalized spacial score (nSPS) is 16.2. The van der Waals surface area contributed by atoms with Gasteiger partial charge >= 0.3 is 5.97 Å². The number of ether oxygens (including phenoxy) is 1. The largest absolute Gasteiger partial charge is 0.482 e. The first kappa shape index (κ1) is 14.8. The summed E-state index contributed by atoms with van der Waals surface area (Å²) in [4.78, 5) is 28.0. The fourth-order valence-corrected chi connectivity index (χ4v) is 2.83. The Kier molecular flexibility index (Phi) is 4.61. The molecule has 1 N–H and O–H groups in total. The van der Waals surface area contributed by atoms with Crippen molar-refractivity contribution in [1.29, 1.82) is 0 Å². The van der Waals surface area contributed by atoms with Crippen LogP contribution >= 0.6 is 11.3 Å². The van der Waals surface area contributed by atoms with Gasteiger partial charge in [-0.2, -0.15) is 0 Å². The predicted octanol–water partition coefficient (Wildman–Crippen LogP) is 0.908. The lowest BCUT2D eigenvalue weighted by atomic mass is 10.3. The lowest BCUT2D eigenvalue weighted by molar-refractivity contribution is -0.134. The molecule has 0 saturated carbocycles. The summed E-state index contributed by atoms with van der Waals surface area (Å²) in [6.07, 6.45) is 0. The molecule has 1 aromatic heterocycles. The average molecular weight is 298 g/mol. The lowest BCUT2D eigenvalue weighted by Crippen LogP contribution is -2.48.